The highest BCUT2D eigenvalue weighted by atomic mass is 16.5. The van der Waals surface area contributed by atoms with Crippen LogP contribution >= 0.6 is 0 Å². The molecule has 0 saturated heterocycles. The average Bonchev–Trinajstić information content (AvgIpc) is 2.29. The molecule has 0 unspecified atom stereocenters. The van der Waals surface area contributed by atoms with Crippen molar-refractivity contribution in [2.75, 3.05) is 20.7 Å². The zero-order valence-electron chi connectivity index (χ0n) is 10.8. The van der Waals surface area contributed by atoms with Crippen molar-refractivity contribution in [2.24, 2.45) is 0 Å². The number of benzene rings is 1. The van der Waals surface area contributed by atoms with Gasteiger partial charge in [-0.05, 0) is 43.0 Å². The zero-order valence-corrected chi connectivity index (χ0v) is 10.8. The Morgan fingerprint density at radius 2 is 1.94 bits per heavy atom. The number of ether oxygens (including phenoxy) is 1. The average molecular weight is 237 g/mol. The Morgan fingerprint density at radius 1 is 1.35 bits per heavy atom. The first-order valence-corrected chi connectivity index (χ1v) is 5.54. The van der Waals surface area contributed by atoms with Crippen molar-refractivity contribution in [3.63, 3.8) is 0 Å². The predicted molar refractivity (Wildman–Crippen MR) is 66.8 cm³/mol. The minimum Gasteiger partial charge on any atom is -0.496 e. The van der Waals surface area contributed by atoms with Crippen LogP contribution in [-0.2, 0) is 6.42 Å². The van der Waals surface area contributed by atoms with Crippen LogP contribution in [0.1, 0.15) is 16.7 Å². The Bertz CT molecular complexity index is 415. The lowest BCUT2D eigenvalue weighted by atomic mass is 10.0. The van der Waals surface area contributed by atoms with E-state index in [2.05, 4.69) is 6.07 Å². The van der Waals surface area contributed by atoms with Gasteiger partial charge in [-0.25, -0.2) is 4.79 Å². The Hall–Kier alpha value is -1.71. The molecule has 0 saturated carbocycles. The molecule has 0 fully saturated rings. The maximum atomic E-state index is 10.7. The molecular formula is C13H19NO3. The summed E-state index contributed by atoms with van der Waals surface area (Å²) in [6.45, 7) is 4.54. The summed E-state index contributed by atoms with van der Waals surface area (Å²) in [7, 11) is 3.20. The van der Waals surface area contributed by atoms with Gasteiger partial charge < -0.3 is 14.7 Å². The summed E-state index contributed by atoms with van der Waals surface area (Å²) in [6.07, 6.45) is -0.250. The number of methoxy groups -OCH3 is 1. The number of hydrogen-bond acceptors (Lipinski definition) is 2. The highest BCUT2D eigenvalue weighted by Crippen LogP contribution is 2.23. The molecular weight excluding hydrogens is 218 g/mol. The molecule has 1 amide bonds. The highest BCUT2D eigenvalue weighted by molar-refractivity contribution is 5.64. The van der Waals surface area contributed by atoms with Crippen LogP contribution in [0.5, 0.6) is 5.75 Å². The molecule has 1 rings (SSSR count). The Morgan fingerprint density at radius 3 is 2.47 bits per heavy atom. The standard InChI is InChI=1S/C13H19NO3/c1-9-7-11(5-6-14(3)13(15)16)12(17-4)8-10(9)2/h7-8H,5-6H2,1-4H3,(H,15,16). The number of rotatable bonds is 4. The zero-order chi connectivity index (χ0) is 13.0. The second-order valence-electron chi connectivity index (χ2n) is 4.20. The molecule has 1 aromatic rings. The second-order valence-corrected chi connectivity index (χ2v) is 4.20. The van der Waals surface area contributed by atoms with E-state index in [1.807, 2.05) is 19.9 Å². The number of hydrogen-bond donors (Lipinski definition) is 1. The smallest absolute Gasteiger partial charge is 0.407 e. The molecule has 4 heteroatoms. The van der Waals surface area contributed by atoms with E-state index in [1.54, 1.807) is 14.2 Å². The Labute approximate surface area is 102 Å². The minimum atomic E-state index is -0.909. The van der Waals surface area contributed by atoms with Gasteiger partial charge >= 0.3 is 6.09 Å². The van der Waals surface area contributed by atoms with Gasteiger partial charge in [-0.15, -0.1) is 0 Å². The van der Waals surface area contributed by atoms with Crippen molar-refractivity contribution in [1.29, 1.82) is 0 Å². The molecule has 4 nitrogen and oxygen atoms in total. The topological polar surface area (TPSA) is 49.8 Å². The van der Waals surface area contributed by atoms with E-state index in [0.29, 0.717) is 13.0 Å². The number of amides is 1. The lowest BCUT2D eigenvalue weighted by Crippen LogP contribution is -2.26. The van der Waals surface area contributed by atoms with Crippen molar-refractivity contribution in [2.45, 2.75) is 20.3 Å². The van der Waals surface area contributed by atoms with Crippen molar-refractivity contribution < 1.29 is 14.6 Å². The molecule has 0 atom stereocenters. The van der Waals surface area contributed by atoms with Crippen molar-refractivity contribution in [3.05, 3.63) is 28.8 Å². The summed E-state index contributed by atoms with van der Waals surface area (Å²) in [5.74, 6) is 0.826. The number of carboxylic acid groups (broad SMARTS) is 1. The molecule has 1 N–H and O–H groups in total. The van der Waals surface area contributed by atoms with Crippen LogP contribution in [0.4, 0.5) is 4.79 Å². The molecule has 0 spiro atoms. The van der Waals surface area contributed by atoms with E-state index in [4.69, 9.17) is 9.84 Å². The third-order valence-corrected chi connectivity index (χ3v) is 2.94. The third kappa shape index (κ3) is 3.37. The molecule has 0 aliphatic rings. The Kier molecular flexibility index (Phi) is 4.37. The van der Waals surface area contributed by atoms with E-state index in [9.17, 15) is 4.79 Å². The van der Waals surface area contributed by atoms with Gasteiger partial charge in [-0.1, -0.05) is 6.07 Å². The maximum Gasteiger partial charge on any atom is 0.407 e. The quantitative estimate of drug-likeness (QED) is 0.875. The van der Waals surface area contributed by atoms with Gasteiger partial charge in [0.15, 0.2) is 0 Å². The molecule has 0 aliphatic carbocycles. The van der Waals surface area contributed by atoms with Gasteiger partial charge in [0.05, 0.1) is 7.11 Å². The molecule has 0 aromatic heterocycles. The fourth-order valence-electron chi connectivity index (χ4n) is 1.62. The summed E-state index contributed by atoms with van der Waals surface area (Å²) < 4.78 is 5.31. The van der Waals surface area contributed by atoms with Gasteiger partial charge in [0.25, 0.3) is 0 Å². The number of nitrogens with zero attached hydrogens (tertiary/aromatic N) is 1. The monoisotopic (exact) mass is 237 g/mol. The molecule has 94 valence electrons. The van der Waals surface area contributed by atoms with Crippen molar-refractivity contribution >= 4 is 6.09 Å². The summed E-state index contributed by atoms with van der Waals surface area (Å²) in [5.41, 5.74) is 3.42. The van der Waals surface area contributed by atoms with Crippen LogP contribution in [0.3, 0.4) is 0 Å². The van der Waals surface area contributed by atoms with Crippen LogP contribution < -0.4 is 4.74 Å². The number of aryl methyl sites for hydroxylation is 2. The van der Waals surface area contributed by atoms with E-state index >= 15 is 0 Å². The molecule has 17 heavy (non-hydrogen) atoms. The molecule has 0 aliphatic heterocycles. The van der Waals surface area contributed by atoms with Gasteiger partial charge in [-0.2, -0.15) is 0 Å². The fourth-order valence-corrected chi connectivity index (χ4v) is 1.62. The first-order valence-electron chi connectivity index (χ1n) is 5.54. The lowest BCUT2D eigenvalue weighted by Gasteiger charge is -2.15. The molecule has 0 radical (unpaired) electrons. The lowest BCUT2D eigenvalue weighted by molar-refractivity contribution is 0.156. The van der Waals surface area contributed by atoms with E-state index in [-0.39, 0.29) is 0 Å². The number of likely N-dealkylation sites (N-methyl/N-ethyl adjacent to an activating group) is 1. The van der Waals surface area contributed by atoms with E-state index in [1.165, 1.54) is 16.0 Å². The predicted octanol–water partition coefficient (Wildman–Crippen LogP) is 2.46. The normalized spacial score (nSPS) is 10.1. The largest absolute Gasteiger partial charge is 0.496 e. The summed E-state index contributed by atoms with van der Waals surface area (Å²) >= 11 is 0. The van der Waals surface area contributed by atoms with Crippen LogP contribution in [0.2, 0.25) is 0 Å². The second kappa shape index (κ2) is 5.57. The van der Waals surface area contributed by atoms with Gasteiger partial charge in [-0.3, -0.25) is 0 Å². The van der Waals surface area contributed by atoms with Crippen molar-refractivity contribution in [3.8, 4) is 5.75 Å². The van der Waals surface area contributed by atoms with Gasteiger partial charge in [0.2, 0.25) is 0 Å². The SMILES string of the molecule is COc1cc(C)c(C)cc1CCN(C)C(=O)O. The first kappa shape index (κ1) is 13.4. The molecule has 0 heterocycles. The summed E-state index contributed by atoms with van der Waals surface area (Å²) in [6, 6.07) is 4.05. The van der Waals surface area contributed by atoms with E-state index < -0.39 is 6.09 Å². The highest BCUT2D eigenvalue weighted by Gasteiger charge is 2.09. The van der Waals surface area contributed by atoms with Crippen LogP contribution in [-0.4, -0.2) is 36.8 Å². The van der Waals surface area contributed by atoms with Gasteiger partial charge in [0.1, 0.15) is 5.75 Å². The van der Waals surface area contributed by atoms with Gasteiger partial charge in [0, 0.05) is 13.6 Å². The first-order chi connectivity index (χ1) is 7.95. The van der Waals surface area contributed by atoms with E-state index in [0.717, 1.165) is 11.3 Å². The Balaban J connectivity index is 2.83. The molecule has 1 aromatic carbocycles. The fraction of sp³-hybridized carbons (Fsp3) is 0.462. The third-order valence-electron chi connectivity index (χ3n) is 2.94. The van der Waals surface area contributed by atoms with Crippen LogP contribution in [0, 0.1) is 13.8 Å². The van der Waals surface area contributed by atoms with Crippen LogP contribution in [0.15, 0.2) is 12.1 Å². The summed E-state index contributed by atoms with van der Waals surface area (Å²) in [4.78, 5) is 12.0. The minimum absolute atomic E-state index is 0.466. The number of carbonyl (C=O) groups is 1. The molecule has 0 bridgehead atoms. The van der Waals surface area contributed by atoms with Crippen molar-refractivity contribution in [1.82, 2.24) is 4.90 Å². The maximum absolute atomic E-state index is 10.7. The summed E-state index contributed by atoms with van der Waals surface area (Å²) in [5, 5.41) is 8.78. The van der Waals surface area contributed by atoms with Crippen LogP contribution in [0.25, 0.3) is 0 Å².